The summed E-state index contributed by atoms with van der Waals surface area (Å²) in [5, 5.41) is 12.5. The Morgan fingerprint density at radius 2 is 2.04 bits per heavy atom. The van der Waals surface area contributed by atoms with Crippen LogP contribution in [0.2, 0.25) is 0 Å². The van der Waals surface area contributed by atoms with Gasteiger partial charge < -0.3 is 20.1 Å². The fourth-order valence-electron chi connectivity index (χ4n) is 3.20. The van der Waals surface area contributed by atoms with Crippen molar-refractivity contribution in [1.82, 2.24) is 20.2 Å². The van der Waals surface area contributed by atoms with E-state index in [0.29, 0.717) is 25.2 Å². The van der Waals surface area contributed by atoms with Gasteiger partial charge in [0, 0.05) is 36.9 Å². The third-order valence-electron chi connectivity index (χ3n) is 5.17. The molecule has 2 heterocycles. The van der Waals surface area contributed by atoms with Gasteiger partial charge in [-0.1, -0.05) is 0 Å². The Hall–Kier alpha value is -1.73. The minimum atomic E-state index is -0.730. The highest BCUT2D eigenvalue weighted by atomic mass is 16.5. The molecule has 1 aromatic heterocycles. The van der Waals surface area contributed by atoms with Gasteiger partial charge in [0.1, 0.15) is 0 Å². The van der Waals surface area contributed by atoms with Crippen molar-refractivity contribution in [3.8, 4) is 6.01 Å². The second-order valence-corrected chi connectivity index (χ2v) is 7.47. The molecule has 0 spiro atoms. The number of likely N-dealkylation sites (tertiary alicyclic amines) is 1. The van der Waals surface area contributed by atoms with Gasteiger partial charge in [0.25, 0.3) is 0 Å². The van der Waals surface area contributed by atoms with Crippen LogP contribution >= 0.6 is 0 Å². The summed E-state index contributed by atoms with van der Waals surface area (Å²) in [4.78, 5) is 21.5. The maximum Gasteiger partial charge on any atom is 0.316 e. The molecule has 0 unspecified atom stereocenters. The van der Waals surface area contributed by atoms with Crippen molar-refractivity contribution >= 4 is 5.97 Å². The zero-order chi connectivity index (χ0) is 17.7. The van der Waals surface area contributed by atoms with Crippen LogP contribution in [-0.2, 0) is 4.79 Å². The summed E-state index contributed by atoms with van der Waals surface area (Å²) in [6.45, 7) is 5.95. The number of carboxylic acids is 1. The first-order valence-corrected chi connectivity index (χ1v) is 9.14. The van der Waals surface area contributed by atoms with Gasteiger partial charge in [-0.05, 0) is 51.3 Å². The predicted molar refractivity (Wildman–Crippen MR) is 93.6 cm³/mol. The molecule has 2 aliphatic rings. The molecule has 2 N–H and O–H groups in total. The lowest BCUT2D eigenvalue weighted by atomic mass is 9.79. The Bertz CT molecular complexity index is 566. The lowest BCUT2D eigenvalue weighted by Crippen LogP contribution is -2.49. The van der Waals surface area contributed by atoms with E-state index in [1.807, 2.05) is 6.92 Å². The normalized spacial score (nSPS) is 20.4. The molecule has 0 radical (unpaired) electrons. The number of hydrogen-bond acceptors (Lipinski definition) is 6. The third-order valence-corrected chi connectivity index (χ3v) is 5.17. The van der Waals surface area contributed by atoms with Crippen molar-refractivity contribution in [3.63, 3.8) is 0 Å². The maximum absolute atomic E-state index is 10.8. The molecule has 0 atom stereocenters. The van der Waals surface area contributed by atoms with Crippen molar-refractivity contribution in [1.29, 1.82) is 0 Å². The molecular weight excluding hydrogens is 320 g/mol. The summed E-state index contributed by atoms with van der Waals surface area (Å²) < 4.78 is 5.92. The van der Waals surface area contributed by atoms with E-state index in [9.17, 15) is 4.79 Å². The first-order valence-electron chi connectivity index (χ1n) is 9.14. The first kappa shape index (κ1) is 18.1. The molecule has 1 aliphatic carbocycles. The highest BCUT2D eigenvalue weighted by Gasteiger charge is 2.37. The molecule has 1 aromatic rings. The van der Waals surface area contributed by atoms with Gasteiger partial charge in [-0.2, -0.15) is 0 Å². The third kappa shape index (κ3) is 5.64. The van der Waals surface area contributed by atoms with E-state index in [1.54, 1.807) is 12.4 Å². The number of nitrogens with zero attached hydrogens (tertiary/aromatic N) is 3. The van der Waals surface area contributed by atoms with Crippen LogP contribution in [0.5, 0.6) is 6.01 Å². The van der Waals surface area contributed by atoms with Crippen molar-refractivity contribution in [2.24, 2.45) is 5.41 Å². The Labute approximate surface area is 148 Å². The van der Waals surface area contributed by atoms with Crippen molar-refractivity contribution in [3.05, 3.63) is 18.0 Å². The number of piperidine rings is 1. The van der Waals surface area contributed by atoms with Crippen LogP contribution in [0, 0.1) is 12.3 Å². The van der Waals surface area contributed by atoms with Gasteiger partial charge in [0.15, 0.2) is 0 Å². The predicted octanol–water partition coefficient (Wildman–Crippen LogP) is 1.47. The van der Waals surface area contributed by atoms with E-state index in [0.717, 1.165) is 38.0 Å². The highest BCUT2D eigenvalue weighted by Crippen LogP contribution is 2.33. The number of aromatic nitrogens is 2. The van der Waals surface area contributed by atoms with E-state index < -0.39 is 5.97 Å². The lowest BCUT2D eigenvalue weighted by Gasteiger charge is -2.41. The summed E-state index contributed by atoms with van der Waals surface area (Å²) in [6, 6.07) is 1.10. The van der Waals surface area contributed by atoms with E-state index in [-0.39, 0.29) is 11.8 Å². The van der Waals surface area contributed by atoms with E-state index >= 15 is 0 Å². The molecule has 2 fully saturated rings. The van der Waals surface area contributed by atoms with Crippen molar-refractivity contribution < 1.29 is 14.6 Å². The number of carboxylic acid groups (broad SMARTS) is 1. The topological polar surface area (TPSA) is 87.6 Å². The van der Waals surface area contributed by atoms with Gasteiger partial charge >= 0.3 is 12.0 Å². The van der Waals surface area contributed by atoms with Crippen LogP contribution in [0.1, 0.15) is 37.7 Å². The van der Waals surface area contributed by atoms with Gasteiger partial charge in [0.05, 0.1) is 13.0 Å². The largest absolute Gasteiger partial charge is 0.481 e. The Morgan fingerprint density at radius 1 is 1.36 bits per heavy atom. The summed E-state index contributed by atoms with van der Waals surface area (Å²) in [7, 11) is 0. The van der Waals surface area contributed by atoms with Crippen LogP contribution in [0.3, 0.4) is 0 Å². The van der Waals surface area contributed by atoms with Crippen LogP contribution in [0.25, 0.3) is 0 Å². The molecule has 1 saturated carbocycles. The van der Waals surface area contributed by atoms with Crippen LogP contribution in [0.4, 0.5) is 0 Å². The minimum Gasteiger partial charge on any atom is -0.481 e. The molecular formula is C18H28N4O3. The van der Waals surface area contributed by atoms with Gasteiger partial charge in [-0.25, -0.2) is 9.97 Å². The summed E-state index contributed by atoms with van der Waals surface area (Å²) in [5.41, 5.74) is 1.08. The fourth-order valence-corrected chi connectivity index (χ4v) is 3.20. The smallest absolute Gasteiger partial charge is 0.316 e. The highest BCUT2D eigenvalue weighted by molar-refractivity contribution is 5.66. The Morgan fingerprint density at radius 3 is 2.64 bits per heavy atom. The average Bonchev–Trinajstić information content (AvgIpc) is 3.43. The molecule has 138 valence electrons. The molecule has 0 bridgehead atoms. The molecule has 0 amide bonds. The van der Waals surface area contributed by atoms with Crippen molar-refractivity contribution in [2.45, 2.75) is 45.1 Å². The second kappa shape index (κ2) is 8.10. The molecule has 25 heavy (non-hydrogen) atoms. The van der Waals surface area contributed by atoms with Gasteiger partial charge in [0.2, 0.25) is 0 Å². The van der Waals surface area contributed by atoms with Crippen LogP contribution in [0.15, 0.2) is 12.4 Å². The fraction of sp³-hybridized carbons (Fsp3) is 0.722. The number of hydrogen-bond donors (Lipinski definition) is 2. The average molecular weight is 348 g/mol. The Balaban J connectivity index is 1.54. The molecule has 7 heteroatoms. The monoisotopic (exact) mass is 348 g/mol. The van der Waals surface area contributed by atoms with Gasteiger partial charge in [-0.3, -0.25) is 4.79 Å². The van der Waals surface area contributed by atoms with E-state index in [2.05, 4.69) is 20.2 Å². The standard InChI is InChI=1S/C18H28N4O3/c1-14-10-19-17(20-11-14)25-13-18(12-21-15-2-3-15)5-8-22(9-6-18)7-4-16(23)24/h10-11,15,21H,2-9,12-13H2,1H3,(H,23,24). The molecule has 3 rings (SSSR count). The minimum absolute atomic E-state index is 0.0660. The van der Waals surface area contributed by atoms with E-state index in [4.69, 9.17) is 9.84 Å². The quantitative estimate of drug-likeness (QED) is 0.699. The molecule has 7 nitrogen and oxygen atoms in total. The number of carbonyl (C=O) groups is 1. The Kier molecular flexibility index (Phi) is 5.86. The number of ether oxygens (including phenoxy) is 1. The zero-order valence-corrected chi connectivity index (χ0v) is 14.9. The van der Waals surface area contributed by atoms with Gasteiger partial charge in [-0.15, -0.1) is 0 Å². The number of nitrogens with one attached hydrogen (secondary N) is 1. The van der Waals surface area contributed by atoms with Crippen LogP contribution in [-0.4, -0.2) is 64.8 Å². The number of rotatable bonds is 9. The number of aryl methyl sites for hydroxylation is 1. The molecule has 1 aliphatic heterocycles. The summed E-state index contributed by atoms with van der Waals surface area (Å²) in [5.74, 6) is -0.730. The molecule has 1 saturated heterocycles. The first-order chi connectivity index (χ1) is 12.0. The lowest BCUT2D eigenvalue weighted by molar-refractivity contribution is -0.137. The molecule has 0 aromatic carbocycles. The van der Waals surface area contributed by atoms with Crippen molar-refractivity contribution in [2.75, 3.05) is 32.8 Å². The summed E-state index contributed by atoms with van der Waals surface area (Å²) >= 11 is 0. The van der Waals surface area contributed by atoms with E-state index in [1.165, 1.54) is 12.8 Å². The maximum atomic E-state index is 10.8. The SMILES string of the molecule is Cc1cnc(OCC2(CNC3CC3)CCN(CCC(=O)O)CC2)nc1. The number of aliphatic carboxylic acids is 1. The second-order valence-electron chi connectivity index (χ2n) is 7.47. The summed E-state index contributed by atoms with van der Waals surface area (Å²) in [6.07, 6.45) is 8.28. The zero-order valence-electron chi connectivity index (χ0n) is 14.9. The van der Waals surface area contributed by atoms with Crippen LogP contribution < -0.4 is 10.1 Å².